The molecule has 0 amide bonds. The summed E-state index contributed by atoms with van der Waals surface area (Å²) >= 11 is 6.01. The Balaban J connectivity index is 1.55. The van der Waals surface area contributed by atoms with Crippen molar-refractivity contribution in [3.63, 3.8) is 0 Å². The number of aromatic nitrogens is 2. The highest BCUT2D eigenvalue weighted by Crippen LogP contribution is 2.38. The van der Waals surface area contributed by atoms with E-state index in [1.807, 2.05) is 24.3 Å². The quantitative estimate of drug-likeness (QED) is 0.911. The lowest BCUT2D eigenvalue weighted by Gasteiger charge is -2.24. The Labute approximate surface area is 128 Å². The first-order valence-electron chi connectivity index (χ1n) is 7.65. The van der Waals surface area contributed by atoms with Gasteiger partial charge in [-0.05, 0) is 37.3 Å². The van der Waals surface area contributed by atoms with Gasteiger partial charge in [-0.2, -0.15) is 4.98 Å². The molecule has 2 aliphatic rings. The fourth-order valence-corrected chi connectivity index (χ4v) is 3.82. The maximum atomic E-state index is 6.01. The Hall–Kier alpha value is -1.39. The number of hydrogen-bond acceptors (Lipinski definition) is 4. The highest BCUT2D eigenvalue weighted by atomic mass is 35.5. The molecule has 1 N–H and O–H groups in total. The average Bonchev–Trinajstić information content (AvgIpc) is 3.14. The van der Waals surface area contributed by atoms with Gasteiger partial charge >= 0.3 is 0 Å². The first kappa shape index (κ1) is 13.3. The molecule has 1 aliphatic carbocycles. The zero-order valence-corrected chi connectivity index (χ0v) is 12.5. The van der Waals surface area contributed by atoms with Gasteiger partial charge in [-0.1, -0.05) is 41.7 Å². The molecule has 2 fully saturated rings. The first-order valence-corrected chi connectivity index (χ1v) is 8.03. The predicted octanol–water partition coefficient (Wildman–Crippen LogP) is 3.98. The van der Waals surface area contributed by atoms with E-state index in [0.29, 0.717) is 22.8 Å². The van der Waals surface area contributed by atoms with Gasteiger partial charge in [0.05, 0.1) is 6.04 Å². The summed E-state index contributed by atoms with van der Waals surface area (Å²) in [6, 6.07) is 8.38. The van der Waals surface area contributed by atoms with Crippen molar-refractivity contribution in [2.75, 3.05) is 0 Å². The smallest absolute Gasteiger partial charge is 0.244 e. The summed E-state index contributed by atoms with van der Waals surface area (Å²) in [5, 5.41) is 8.45. The van der Waals surface area contributed by atoms with Crippen molar-refractivity contribution in [3.8, 4) is 11.4 Å². The monoisotopic (exact) mass is 303 g/mol. The zero-order chi connectivity index (χ0) is 14.2. The summed E-state index contributed by atoms with van der Waals surface area (Å²) < 4.78 is 5.48. The van der Waals surface area contributed by atoms with Crippen molar-refractivity contribution >= 4 is 11.6 Å². The van der Waals surface area contributed by atoms with Gasteiger partial charge in [0.2, 0.25) is 11.7 Å². The van der Waals surface area contributed by atoms with Crippen LogP contribution >= 0.6 is 11.6 Å². The minimum Gasteiger partial charge on any atom is -0.337 e. The SMILES string of the molecule is Clc1cccc(-c2noc(C3CC4CCCCC4N3)n2)c1. The second-order valence-corrected chi connectivity index (χ2v) is 6.51. The van der Waals surface area contributed by atoms with E-state index >= 15 is 0 Å². The van der Waals surface area contributed by atoms with Crippen LogP contribution in [0.25, 0.3) is 11.4 Å². The van der Waals surface area contributed by atoms with Crippen molar-refractivity contribution in [1.82, 2.24) is 15.5 Å². The lowest BCUT2D eigenvalue weighted by molar-refractivity contribution is 0.324. The van der Waals surface area contributed by atoms with E-state index in [2.05, 4.69) is 15.5 Å². The summed E-state index contributed by atoms with van der Waals surface area (Å²) in [4.78, 5) is 4.56. The molecule has 0 bridgehead atoms. The lowest BCUT2D eigenvalue weighted by Crippen LogP contribution is -2.30. The number of nitrogens with zero attached hydrogens (tertiary/aromatic N) is 2. The molecule has 4 rings (SSSR count). The molecule has 5 heteroatoms. The van der Waals surface area contributed by atoms with Gasteiger partial charge in [-0.25, -0.2) is 0 Å². The molecule has 0 radical (unpaired) electrons. The average molecular weight is 304 g/mol. The lowest BCUT2D eigenvalue weighted by atomic mass is 9.85. The van der Waals surface area contributed by atoms with Crippen LogP contribution < -0.4 is 5.32 Å². The van der Waals surface area contributed by atoms with E-state index < -0.39 is 0 Å². The minimum atomic E-state index is 0.207. The Kier molecular flexibility index (Phi) is 3.43. The third-order valence-electron chi connectivity index (χ3n) is 4.69. The van der Waals surface area contributed by atoms with Crippen LogP contribution in [0.2, 0.25) is 5.02 Å². The maximum absolute atomic E-state index is 6.01. The highest BCUT2D eigenvalue weighted by molar-refractivity contribution is 6.30. The zero-order valence-electron chi connectivity index (χ0n) is 11.8. The molecule has 2 aromatic rings. The third kappa shape index (κ3) is 2.58. The van der Waals surface area contributed by atoms with E-state index in [0.717, 1.165) is 17.9 Å². The molecule has 1 aromatic heterocycles. The van der Waals surface area contributed by atoms with Crippen molar-refractivity contribution in [2.45, 2.75) is 44.2 Å². The van der Waals surface area contributed by atoms with Gasteiger partial charge in [0.15, 0.2) is 0 Å². The first-order chi connectivity index (χ1) is 10.3. The Morgan fingerprint density at radius 3 is 3.00 bits per heavy atom. The van der Waals surface area contributed by atoms with Gasteiger partial charge in [-0.15, -0.1) is 0 Å². The number of fused-ring (bicyclic) bond motifs is 1. The van der Waals surface area contributed by atoms with Gasteiger partial charge in [0.1, 0.15) is 0 Å². The standard InChI is InChI=1S/C16H18ClN3O/c17-12-6-3-5-11(8-12)15-19-16(21-20-15)14-9-10-4-1-2-7-13(10)18-14/h3,5-6,8,10,13-14,18H,1-2,4,7,9H2. The summed E-state index contributed by atoms with van der Waals surface area (Å²) in [7, 11) is 0. The number of nitrogens with one attached hydrogen (secondary N) is 1. The van der Waals surface area contributed by atoms with Crippen LogP contribution in [0.3, 0.4) is 0 Å². The van der Waals surface area contributed by atoms with Crippen molar-refractivity contribution < 1.29 is 4.52 Å². The molecule has 1 aliphatic heterocycles. The molecule has 2 heterocycles. The van der Waals surface area contributed by atoms with Gasteiger partial charge in [-0.3, -0.25) is 0 Å². The molecule has 21 heavy (non-hydrogen) atoms. The second kappa shape index (κ2) is 5.43. The molecule has 1 saturated heterocycles. The van der Waals surface area contributed by atoms with Crippen LogP contribution in [0.15, 0.2) is 28.8 Å². The van der Waals surface area contributed by atoms with Crippen LogP contribution in [0, 0.1) is 5.92 Å². The highest BCUT2D eigenvalue weighted by Gasteiger charge is 2.38. The predicted molar refractivity (Wildman–Crippen MR) is 81.0 cm³/mol. The molecule has 1 saturated carbocycles. The molecule has 1 aromatic carbocycles. The van der Waals surface area contributed by atoms with E-state index in [1.54, 1.807) is 0 Å². The fourth-order valence-electron chi connectivity index (χ4n) is 3.63. The summed E-state index contributed by atoms with van der Waals surface area (Å²) in [5.74, 6) is 2.09. The largest absolute Gasteiger partial charge is 0.337 e. The van der Waals surface area contributed by atoms with E-state index in [4.69, 9.17) is 16.1 Å². The Morgan fingerprint density at radius 1 is 1.24 bits per heavy atom. The molecule has 4 nitrogen and oxygen atoms in total. The summed E-state index contributed by atoms with van der Waals surface area (Å²) in [6.45, 7) is 0. The number of halogens is 1. The van der Waals surface area contributed by atoms with E-state index in [-0.39, 0.29) is 6.04 Å². The van der Waals surface area contributed by atoms with Crippen LogP contribution in [0.5, 0.6) is 0 Å². The van der Waals surface area contributed by atoms with Crippen LogP contribution in [-0.2, 0) is 0 Å². The van der Waals surface area contributed by atoms with Gasteiger partial charge in [0.25, 0.3) is 0 Å². The summed E-state index contributed by atoms with van der Waals surface area (Å²) in [5.41, 5.74) is 0.896. The maximum Gasteiger partial charge on any atom is 0.244 e. The molecular formula is C16H18ClN3O. The fraction of sp³-hybridized carbons (Fsp3) is 0.500. The molecule has 3 unspecified atom stereocenters. The normalized spacial score (nSPS) is 28.5. The van der Waals surface area contributed by atoms with E-state index in [9.17, 15) is 0 Å². The second-order valence-electron chi connectivity index (χ2n) is 6.07. The van der Waals surface area contributed by atoms with Crippen molar-refractivity contribution in [1.29, 1.82) is 0 Å². The van der Waals surface area contributed by atoms with Gasteiger partial charge < -0.3 is 9.84 Å². The minimum absolute atomic E-state index is 0.207. The van der Waals surface area contributed by atoms with E-state index in [1.165, 1.54) is 25.7 Å². The summed E-state index contributed by atoms with van der Waals surface area (Å²) in [6.07, 6.45) is 6.40. The van der Waals surface area contributed by atoms with Gasteiger partial charge in [0, 0.05) is 16.6 Å². The third-order valence-corrected chi connectivity index (χ3v) is 4.92. The number of benzene rings is 1. The number of rotatable bonds is 2. The topological polar surface area (TPSA) is 51.0 Å². The molecule has 0 spiro atoms. The molecule has 3 atom stereocenters. The van der Waals surface area contributed by atoms with Crippen LogP contribution in [0.4, 0.5) is 0 Å². The van der Waals surface area contributed by atoms with Crippen LogP contribution in [0.1, 0.15) is 44.0 Å². The van der Waals surface area contributed by atoms with Crippen molar-refractivity contribution in [3.05, 3.63) is 35.2 Å². The molecular weight excluding hydrogens is 286 g/mol. The molecule has 110 valence electrons. The Bertz CT molecular complexity index is 628. The van der Waals surface area contributed by atoms with Crippen LogP contribution in [-0.4, -0.2) is 16.2 Å². The van der Waals surface area contributed by atoms with Crippen molar-refractivity contribution in [2.24, 2.45) is 5.92 Å². The Morgan fingerprint density at radius 2 is 2.14 bits per heavy atom. The number of hydrogen-bond donors (Lipinski definition) is 1.